The van der Waals surface area contributed by atoms with Crippen LogP contribution in [0, 0.1) is 11.7 Å². The number of halogens is 1. The highest BCUT2D eigenvalue weighted by Gasteiger charge is 2.34. The molecule has 1 fully saturated rings. The summed E-state index contributed by atoms with van der Waals surface area (Å²) in [5.74, 6) is -1.20. The molecule has 178 valence electrons. The number of amides is 2. The largest absolute Gasteiger partial charge is 0.496 e. The second-order valence-corrected chi connectivity index (χ2v) is 9.85. The van der Waals surface area contributed by atoms with Crippen LogP contribution in [0.4, 0.5) is 4.39 Å². The summed E-state index contributed by atoms with van der Waals surface area (Å²) in [4.78, 5) is 25.2. The van der Waals surface area contributed by atoms with Crippen LogP contribution in [0.15, 0.2) is 53.4 Å². The monoisotopic (exact) mass is 477 g/mol. The highest BCUT2D eigenvalue weighted by atomic mass is 32.2. The summed E-state index contributed by atoms with van der Waals surface area (Å²) >= 11 is 0. The van der Waals surface area contributed by atoms with Crippen molar-refractivity contribution in [1.29, 1.82) is 0 Å². The third kappa shape index (κ3) is 6.08. The Morgan fingerprint density at radius 2 is 1.88 bits per heavy atom. The van der Waals surface area contributed by atoms with Gasteiger partial charge in [-0.3, -0.25) is 9.59 Å². The molecule has 0 aliphatic carbocycles. The molecule has 1 heterocycles. The minimum Gasteiger partial charge on any atom is -0.496 e. The van der Waals surface area contributed by atoms with Gasteiger partial charge in [0.25, 0.3) is 0 Å². The number of carbonyl (C=O) groups is 2. The van der Waals surface area contributed by atoms with Gasteiger partial charge in [-0.2, -0.15) is 4.31 Å². The van der Waals surface area contributed by atoms with E-state index in [1.807, 2.05) is 18.2 Å². The lowest BCUT2D eigenvalue weighted by Crippen LogP contribution is -2.50. The Balaban J connectivity index is 1.56. The first-order chi connectivity index (χ1) is 15.7. The molecule has 0 bridgehead atoms. The fourth-order valence-electron chi connectivity index (χ4n) is 3.71. The van der Waals surface area contributed by atoms with Crippen molar-refractivity contribution in [2.45, 2.75) is 37.2 Å². The normalized spacial score (nSPS) is 17.7. The Morgan fingerprint density at radius 1 is 1.18 bits per heavy atom. The topological polar surface area (TPSA) is 105 Å². The predicted molar refractivity (Wildman–Crippen MR) is 120 cm³/mol. The number of sulfonamides is 1. The molecule has 0 radical (unpaired) electrons. The number of hydrogen-bond donors (Lipinski definition) is 2. The van der Waals surface area contributed by atoms with Crippen molar-refractivity contribution in [3.63, 3.8) is 0 Å². The first-order valence-electron chi connectivity index (χ1n) is 10.7. The van der Waals surface area contributed by atoms with Gasteiger partial charge < -0.3 is 15.4 Å². The lowest BCUT2D eigenvalue weighted by atomic mass is 9.98. The van der Waals surface area contributed by atoms with Crippen LogP contribution >= 0.6 is 0 Å². The Labute approximate surface area is 193 Å². The second kappa shape index (κ2) is 10.8. The molecular weight excluding hydrogens is 449 g/mol. The predicted octanol–water partition coefficient (Wildman–Crippen LogP) is 2.06. The number of nitrogens with one attached hydrogen (secondary N) is 2. The highest BCUT2D eigenvalue weighted by Crippen LogP contribution is 2.24. The van der Waals surface area contributed by atoms with Crippen LogP contribution in [0.3, 0.4) is 0 Å². The standard InChI is InChI=1S/C23H28FN3O5S/c1-16(22(28)25-14-17-6-3-4-8-21(17)32-2)26-23(29)18-7-5-13-27(15-18)33(30,31)20-11-9-19(24)10-12-20/h3-4,6,8-12,16,18H,5,7,13-15H2,1-2H3,(H,25,28)(H,26,29)/t16-,18?/m0/s1. The summed E-state index contributed by atoms with van der Waals surface area (Å²) in [6.45, 7) is 2.10. The molecule has 0 aromatic heterocycles. The van der Waals surface area contributed by atoms with Gasteiger partial charge in [0.1, 0.15) is 17.6 Å². The van der Waals surface area contributed by atoms with Crippen molar-refractivity contribution in [2.24, 2.45) is 5.92 Å². The summed E-state index contributed by atoms with van der Waals surface area (Å²) in [5, 5.41) is 5.45. The van der Waals surface area contributed by atoms with Gasteiger partial charge in [0.05, 0.1) is 17.9 Å². The van der Waals surface area contributed by atoms with E-state index in [0.29, 0.717) is 18.6 Å². The third-order valence-electron chi connectivity index (χ3n) is 5.60. The molecule has 0 spiro atoms. The molecule has 2 atom stereocenters. The zero-order valence-corrected chi connectivity index (χ0v) is 19.4. The van der Waals surface area contributed by atoms with Gasteiger partial charge in [0.15, 0.2) is 0 Å². The van der Waals surface area contributed by atoms with E-state index < -0.39 is 27.8 Å². The number of benzene rings is 2. The van der Waals surface area contributed by atoms with Gasteiger partial charge >= 0.3 is 0 Å². The lowest BCUT2D eigenvalue weighted by Gasteiger charge is -2.31. The number of carbonyl (C=O) groups excluding carboxylic acids is 2. The molecule has 33 heavy (non-hydrogen) atoms. The molecule has 2 amide bonds. The molecule has 2 aromatic rings. The molecule has 0 saturated carbocycles. The minimum atomic E-state index is -3.84. The lowest BCUT2D eigenvalue weighted by molar-refractivity contribution is -0.131. The first kappa shape index (κ1) is 24.7. The molecule has 8 nitrogen and oxygen atoms in total. The fourth-order valence-corrected chi connectivity index (χ4v) is 5.24. The number of rotatable bonds is 8. The highest BCUT2D eigenvalue weighted by molar-refractivity contribution is 7.89. The van der Waals surface area contributed by atoms with Gasteiger partial charge in [0.2, 0.25) is 21.8 Å². The van der Waals surface area contributed by atoms with Crippen molar-refractivity contribution < 1.29 is 27.1 Å². The van der Waals surface area contributed by atoms with Crippen LogP contribution in [0.5, 0.6) is 5.75 Å². The van der Waals surface area contributed by atoms with E-state index >= 15 is 0 Å². The molecule has 3 rings (SSSR count). The van der Waals surface area contributed by atoms with E-state index in [0.717, 1.165) is 17.7 Å². The van der Waals surface area contributed by atoms with E-state index in [1.165, 1.54) is 16.4 Å². The van der Waals surface area contributed by atoms with Gasteiger partial charge in [-0.15, -0.1) is 0 Å². The van der Waals surface area contributed by atoms with Gasteiger partial charge in [-0.1, -0.05) is 18.2 Å². The SMILES string of the molecule is COc1ccccc1CNC(=O)[C@H](C)NC(=O)C1CCCN(S(=O)(=O)c2ccc(F)cc2)C1. The van der Waals surface area contributed by atoms with Gasteiger partial charge in [-0.05, 0) is 50.1 Å². The van der Waals surface area contributed by atoms with Gasteiger partial charge in [-0.25, -0.2) is 12.8 Å². The summed E-state index contributed by atoms with van der Waals surface area (Å²) in [5.41, 5.74) is 0.806. The summed E-state index contributed by atoms with van der Waals surface area (Å²) in [6.07, 6.45) is 1.02. The fraction of sp³-hybridized carbons (Fsp3) is 0.391. The molecule has 1 unspecified atom stereocenters. The minimum absolute atomic E-state index is 0.00109. The number of methoxy groups -OCH3 is 1. The quantitative estimate of drug-likeness (QED) is 0.606. The maximum Gasteiger partial charge on any atom is 0.243 e. The number of hydrogen-bond acceptors (Lipinski definition) is 5. The Bertz CT molecular complexity index is 1090. The zero-order valence-electron chi connectivity index (χ0n) is 18.6. The molecule has 1 aliphatic heterocycles. The molecular formula is C23H28FN3O5S. The summed E-state index contributed by atoms with van der Waals surface area (Å²) in [6, 6.07) is 11.1. The van der Waals surface area contributed by atoms with Crippen molar-refractivity contribution in [2.75, 3.05) is 20.2 Å². The summed E-state index contributed by atoms with van der Waals surface area (Å²) in [7, 11) is -2.29. The Morgan fingerprint density at radius 3 is 2.58 bits per heavy atom. The molecule has 2 aromatic carbocycles. The molecule has 10 heteroatoms. The van der Waals surface area contributed by atoms with E-state index in [-0.39, 0.29) is 36.3 Å². The van der Waals surface area contributed by atoms with E-state index in [2.05, 4.69) is 10.6 Å². The second-order valence-electron chi connectivity index (χ2n) is 7.92. The van der Waals surface area contributed by atoms with Crippen molar-refractivity contribution in [3.8, 4) is 5.75 Å². The number of nitrogens with zero attached hydrogens (tertiary/aromatic N) is 1. The van der Waals surface area contributed by atoms with Crippen LogP contribution in [0.2, 0.25) is 0 Å². The maximum atomic E-state index is 13.2. The molecule has 1 saturated heterocycles. The molecule has 1 aliphatic rings. The van der Waals surface area contributed by atoms with Gasteiger partial charge in [0, 0.05) is 25.2 Å². The Hall–Kier alpha value is -2.98. The number of para-hydroxylation sites is 1. The number of piperidine rings is 1. The van der Waals surface area contributed by atoms with Crippen LogP contribution in [-0.2, 0) is 26.2 Å². The number of ether oxygens (including phenoxy) is 1. The van der Waals surface area contributed by atoms with Crippen molar-refractivity contribution >= 4 is 21.8 Å². The van der Waals surface area contributed by atoms with Crippen LogP contribution in [-0.4, -0.2) is 50.8 Å². The first-order valence-corrected chi connectivity index (χ1v) is 12.1. The maximum absolute atomic E-state index is 13.2. The van der Waals surface area contributed by atoms with Crippen LogP contribution < -0.4 is 15.4 Å². The molecule has 2 N–H and O–H groups in total. The Kier molecular flexibility index (Phi) is 8.04. The average Bonchev–Trinajstić information content (AvgIpc) is 2.82. The smallest absolute Gasteiger partial charge is 0.243 e. The zero-order chi connectivity index (χ0) is 24.0. The van der Waals surface area contributed by atoms with Crippen molar-refractivity contribution in [1.82, 2.24) is 14.9 Å². The van der Waals surface area contributed by atoms with Crippen molar-refractivity contribution in [3.05, 3.63) is 59.9 Å². The average molecular weight is 478 g/mol. The van der Waals surface area contributed by atoms with E-state index in [9.17, 15) is 22.4 Å². The third-order valence-corrected chi connectivity index (χ3v) is 7.48. The van der Waals surface area contributed by atoms with Crippen LogP contribution in [0.25, 0.3) is 0 Å². The van der Waals surface area contributed by atoms with E-state index in [4.69, 9.17) is 4.74 Å². The summed E-state index contributed by atoms with van der Waals surface area (Å²) < 4.78 is 45.4. The van der Waals surface area contributed by atoms with Crippen LogP contribution in [0.1, 0.15) is 25.3 Å². The van der Waals surface area contributed by atoms with E-state index in [1.54, 1.807) is 20.1 Å².